The summed E-state index contributed by atoms with van der Waals surface area (Å²) in [6.45, 7) is 0. The lowest BCUT2D eigenvalue weighted by molar-refractivity contribution is 0.102. The minimum Gasteiger partial charge on any atom is -0.497 e. The molecular weight excluding hydrogens is 248 g/mol. The van der Waals surface area contributed by atoms with Crippen LogP contribution in [0.4, 0.5) is 0 Å². The molecule has 0 aliphatic carbocycles. The van der Waals surface area contributed by atoms with Gasteiger partial charge in [-0.3, -0.25) is 4.79 Å². The highest BCUT2D eigenvalue weighted by molar-refractivity contribution is 8.00. The summed E-state index contributed by atoms with van der Waals surface area (Å²) in [5.74, 6) is 1.27. The smallest absolute Gasteiger partial charge is 0.319 e. The minimum absolute atomic E-state index is 0.100. The summed E-state index contributed by atoms with van der Waals surface area (Å²) in [5.41, 5.74) is 0.698. The van der Waals surface area contributed by atoms with E-state index in [4.69, 9.17) is 9.15 Å². The fourth-order valence-corrected chi connectivity index (χ4v) is 2.19. The van der Waals surface area contributed by atoms with Gasteiger partial charge in [0.25, 0.3) is 0 Å². The van der Waals surface area contributed by atoms with Crippen molar-refractivity contribution in [1.29, 1.82) is 0 Å². The van der Waals surface area contributed by atoms with E-state index in [1.165, 1.54) is 11.8 Å². The van der Waals surface area contributed by atoms with Crippen LogP contribution in [-0.2, 0) is 0 Å². The zero-order valence-corrected chi connectivity index (χ0v) is 10.8. The summed E-state index contributed by atoms with van der Waals surface area (Å²) in [6, 6.07) is 10.8. The predicted octanol–water partition coefficient (Wildman–Crippen LogP) is 3.54. The van der Waals surface area contributed by atoms with Crippen LogP contribution in [0.25, 0.3) is 0 Å². The molecule has 1 aromatic carbocycles. The lowest BCUT2D eigenvalue weighted by atomic mass is 10.1. The summed E-state index contributed by atoms with van der Waals surface area (Å²) in [6.07, 6.45) is 3.19. The molecule has 0 aliphatic heterocycles. The Bertz CT molecular complexity index is 508. The number of methoxy groups -OCH3 is 1. The van der Waals surface area contributed by atoms with Gasteiger partial charge in [0.05, 0.1) is 12.9 Å². The molecule has 0 atom stereocenters. The average Bonchev–Trinajstić information content (AvgIpc) is 2.46. The van der Waals surface area contributed by atoms with Crippen molar-refractivity contribution in [2.45, 2.75) is 4.90 Å². The zero-order valence-electron chi connectivity index (χ0n) is 9.96. The molecule has 0 radical (unpaired) electrons. The van der Waals surface area contributed by atoms with Gasteiger partial charge in [0.15, 0.2) is 5.78 Å². The third-order valence-corrected chi connectivity index (χ3v) is 3.42. The van der Waals surface area contributed by atoms with Crippen LogP contribution in [0.15, 0.2) is 58.2 Å². The molecule has 4 heteroatoms. The Morgan fingerprint density at radius 3 is 2.44 bits per heavy atom. The van der Waals surface area contributed by atoms with E-state index in [2.05, 4.69) is 0 Å². The van der Waals surface area contributed by atoms with Crippen LogP contribution < -0.4 is 4.74 Å². The van der Waals surface area contributed by atoms with Crippen LogP contribution in [0.3, 0.4) is 0 Å². The van der Waals surface area contributed by atoms with Gasteiger partial charge in [-0.25, -0.2) is 4.42 Å². The van der Waals surface area contributed by atoms with Crippen LogP contribution in [0, 0.1) is 0 Å². The Kier molecular flexibility index (Phi) is 4.36. The molecule has 0 aliphatic rings. The molecule has 92 valence electrons. The van der Waals surface area contributed by atoms with Crippen molar-refractivity contribution in [1.82, 2.24) is 0 Å². The highest BCUT2D eigenvalue weighted by Crippen LogP contribution is 2.19. The number of ether oxygens (including phenoxy) is 1. The monoisotopic (exact) mass is 261 g/mol. The third-order valence-electron chi connectivity index (χ3n) is 2.40. The largest absolute Gasteiger partial charge is 0.497 e. The number of carbonyl (C=O) groups is 1. The highest BCUT2D eigenvalue weighted by Gasteiger charge is 2.07. The fraction of sp³-hybridized carbons (Fsp3) is 0.143. The lowest BCUT2D eigenvalue weighted by Gasteiger charge is -2.02. The highest BCUT2D eigenvalue weighted by atomic mass is 32.2. The molecular formula is C14H13O3S+. The van der Waals surface area contributed by atoms with Crippen molar-refractivity contribution in [3.8, 4) is 5.75 Å². The number of Topliss-reactive ketones (excluding diaryl/α,β-unsaturated/α-hetero) is 1. The number of hydrogen-bond donors (Lipinski definition) is 0. The van der Waals surface area contributed by atoms with Gasteiger partial charge in [-0.05, 0) is 24.3 Å². The Hall–Kier alpha value is -1.81. The van der Waals surface area contributed by atoms with Crippen molar-refractivity contribution >= 4 is 17.5 Å². The van der Waals surface area contributed by atoms with E-state index in [1.807, 2.05) is 12.1 Å². The molecule has 1 heterocycles. The van der Waals surface area contributed by atoms with Crippen molar-refractivity contribution < 1.29 is 13.9 Å². The van der Waals surface area contributed by atoms with Crippen molar-refractivity contribution in [2.75, 3.05) is 12.9 Å². The van der Waals surface area contributed by atoms with E-state index in [0.29, 0.717) is 11.3 Å². The van der Waals surface area contributed by atoms with Gasteiger partial charge >= 0.3 is 12.5 Å². The summed E-state index contributed by atoms with van der Waals surface area (Å²) in [5, 5.41) is 0. The van der Waals surface area contributed by atoms with Crippen LogP contribution in [0.2, 0.25) is 0 Å². The van der Waals surface area contributed by atoms with E-state index in [9.17, 15) is 4.79 Å². The number of rotatable bonds is 5. The van der Waals surface area contributed by atoms with Crippen molar-refractivity contribution in [3.05, 3.63) is 54.5 Å². The lowest BCUT2D eigenvalue weighted by Crippen LogP contribution is -2.01. The molecule has 0 saturated carbocycles. The first-order valence-corrected chi connectivity index (χ1v) is 6.44. The Morgan fingerprint density at radius 1 is 1.17 bits per heavy atom. The number of benzene rings is 1. The first-order valence-electron chi connectivity index (χ1n) is 5.45. The van der Waals surface area contributed by atoms with Gasteiger partial charge in [0, 0.05) is 22.6 Å². The number of carbonyl (C=O) groups excluding carboxylic acids is 1. The van der Waals surface area contributed by atoms with Gasteiger partial charge in [0.2, 0.25) is 0 Å². The zero-order chi connectivity index (χ0) is 12.8. The minimum atomic E-state index is 0.100. The van der Waals surface area contributed by atoms with E-state index < -0.39 is 0 Å². The van der Waals surface area contributed by atoms with Gasteiger partial charge in [-0.1, -0.05) is 0 Å². The summed E-state index contributed by atoms with van der Waals surface area (Å²) >= 11 is 1.49. The Labute approximate surface area is 110 Å². The number of ketones is 1. The molecule has 0 amide bonds. The van der Waals surface area contributed by atoms with Crippen molar-refractivity contribution in [3.63, 3.8) is 0 Å². The van der Waals surface area contributed by atoms with Crippen LogP contribution in [0.1, 0.15) is 10.4 Å². The number of hydrogen-bond acceptors (Lipinski definition) is 3. The average molecular weight is 261 g/mol. The predicted molar refractivity (Wildman–Crippen MR) is 71.2 cm³/mol. The third kappa shape index (κ3) is 3.34. The molecule has 2 aromatic rings. The van der Waals surface area contributed by atoms with Crippen LogP contribution in [-0.4, -0.2) is 18.6 Å². The SMILES string of the molecule is COc1ccc(C(=O)CSc2cc[o+]cc2)cc1. The summed E-state index contributed by atoms with van der Waals surface area (Å²) < 4.78 is 9.97. The molecule has 0 bridgehead atoms. The maximum absolute atomic E-state index is 11.9. The molecule has 0 saturated heterocycles. The van der Waals surface area contributed by atoms with Gasteiger partial charge in [0.1, 0.15) is 5.75 Å². The second-order valence-corrected chi connectivity index (χ2v) is 4.63. The molecule has 0 fully saturated rings. The molecule has 0 N–H and O–H groups in total. The second kappa shape index (κ2) is 6.21. The second-order valence-electron chi connectivity index (χ2n) is 3.58. The normalized spacial score (nSPS) is 10.1. The standard InChI is InChI=1S/C14H13O3S/c1-16-12-4-2-11(3-5-12)14(15)10-18-13-6-8-17-9-7-13/h2-9H,10H2,1H3/q+1. The molecule has 0 spiro atoms. The first-order chi connectivity index (χ1) is 8.79. The van der Waals surface area contributed by atoms with E-state index in [1.54, 1.807) is 43.9 Å². The van der Waals surface area contributed by atoms with Gasteiger partial charge < -0.3 is 4.74 Å². The molecule has 18 heavy (non-hydrogen) atoms. The van der Waals surface area contributed by atoms with Gasteiger partial charge in [-0.15, -0.1) is 11.8 Å². The van der Waals surface area contributed by atoms with Gasteiger partial charge in [-0.2, -0.15) is 0 Å². The Balaban J connectivity index is 1.95. The topological polar surface area (TPSA) is 37.6 Å². The van der Waals surface area contributed by atoms with Crippen LogP contribution >= 0.6 is 11.8 Å². The summed E-state index contributed by atoms with van der Waals surface area (Å²) in [7, 11) is 1.60. The van der Waals surface area contributed by atoms with E-state index >= 15 is 0 Å². The van der Waals surface area contributed by atoms with Crippen molar-refractivity contribution in [2.24, 2.45) is 0 Å². The molecule has 2 rings (SSSR count). The molecule has 0 unspecified atom stereocenters. The summed E-state index contributed by atoms with van der Waals surface area (Å²) in [4.78, 5) is 12.9. The first kappa shape index (κ1) is 12.6. The fourth-order valence-electron chi connectivity index (χ4n) is 1.42. The Morgan fingerprint density at radius 2 is 1.83 bits per heavy atom. The van der Waals surface area contributed by atoms with Crippen LogP contribution in [0.5, 0.6) is 5.75 Å². The molecule has 3 nitrogen and oxygen atoms in total. The maximum atomic E-state index is 11.9. The van der Waals surface area contributed by atoms with E-state index in [-0.39, 0.29) is 5.78 Å². The number of thioether (sulfide) groups is 1. The van der Waals surface area contributed by atoms with E-state index in [0.717, 1.165) is 10.6 Å². The maximum Gasteiger partial charge on any atom is 0.319 e. The quantitative estimate of drug-likeness (QED) is 0.468. The molecule has 1 aromatic heterocycles.